The van der Waals surface area contributed by atoms with Gasteiger partial charge in [-0.1, -0.05) is 19.1 Å². The molecule has 0 radical (unpaired) electrons. The molecule has 11 heavy (non-hydrogen) atoms. The lowest BCUT2D eigenvalue weighted by Crippen LogP contribution is -1.99. The van der Waals surface area contributed by atoms with Crippen LogP contribution in [0.25, 0.3) is 0 Å². The predicted octanol–water partition coefficient (Wildman–Crippen LogP) is 2.35. The van der Waals surface area contributed by atoms with Gasteiger partial charge in [0.2, 0.25) is 0 Å². The highest BCUT2D eigenvalue weighted by atomic mass is 16.7. The van der Waals surface area contributed by atoms with Crippen molar-refractivity contribution in [2.45, 2.75) is 26.7 Å². The summed E-state index contributed by atoms with van der Waals surface area (Å²) in [5, 5.41) is 0. The Morgan fingerprint density at radius 3 is 2.55 bits per heavy atom. The maximum absolute atomic E-state index is 5.15. The highest BCUT2D eigenvalue weighted by molar-refractivity contribution is 4.79. The van der Waals surface area contributed by atoms with Gasteiger partial charge in [0.1, 0.15) is 6.79 Å². The molecule has 0 aromatic rings. The van der Waals surface area contributed by atoms with Crippen LogP contribution in [0.3, 0.4) is 0 Å². The van der Waals surface area contributed by atoms with Crippen molar-refractivity contribution in [3.05, 3.63) is 12.2 Å². The summed E-state index contributed by atoms with van der Waals surface area (Å²) < 4.78 is 10.1. The first-order chi connectivity index (χ1) is 5.41. The van der Waals surface area contributed by atoms with Crippen LogP contribution in [-0.2, 0) is 9.47 Å². The number of rotatable bonds is 7. The van der Waals surface area contributed by atoms with E-state index in [1.54, 1.807) is 0 Å². The van der Waals surface area contributed by atoms with Gasteiger partial charge < -0.3 is 9.47 Å². The van der Waals surface area contributed by atoms with Gasteiger partial charge in [-0.25, -0.2) is 0 Å². The average molecular weight is 158 g/mol. The van der Waals surface area contributed by atoms with Crippen LogP contribution < -0.4 is 0 Å². The molecule has 0 aromatic heterocycles. The first-order valence-corrected chi connectivity index (χ1v) is 4.22. The molecule has 0 saturated heterocycles. The molecule has 0 unspecified atom stereocenters. The van der Waals surface area contributed by atoms with E-state index in [4.69, 9.17) is 9.47 Å². The van der Waals surface area contributed by atoms with Crippen molar-refractivity contribution in [1.29, 1.82) is 0 Å². The molecule has 0 spiro atoms. The first kappa shape index (κ1) is 10.7. The summed E-state index contributed by atoms with van der Waals surface area (Å²) in [7, 11) is 0. The van der Waals surface area contributed by atoms with E-state index in [1.807, 2.05) is 6.92 Å². The summed E-state index contributed by atoms with van der Waals surface area (Å²) in [6.07, 6.45) is 6.36. The minimum atomic E-state index is 0.427. The molecule has 0 rings (SSSR count). The van der Waals surface area contributed by atoms with Gasteiger partial charge in [0.15, 0.2) is 0 Å². The van der Waals surface area contributed by atoms with E-state index in [-0.39, 0.29) is 0 Å². The van der Waals surface area contributed by atoms with Crippen molar-refractivity contribution in [3.8, 4) is 0 Å². The molecule has 0 N–H and O–H groups in total. The highest BCUT2D eigenvalue weighted by Gasteiger charge is 1.83. The minimum absolute atomic E-state index is 0.427. The molecule has 0 aliphatic carbocycles. The van der Waals surface area contributed by atoms with E-state index in [0.29, 0.717) is 6.79 Å². The van der Waals surface area contributed by atoms with Crippen LogP contribution in [0.15, 0.2) is 12.2 Å². The zero-order chi connectivity index (χ0) is 8.36. The van der Waals surface area contributed by atoms with E-state index >= 15 is 0 Å². The molecule has 0 atom stereocenters. The molecule has 0 fully saturated rings. The van der Waals surface area contributed by atoms with Crippen LogP contribution >= 0.6 is 0 Å². The highest BCUT2D eigenvalue weighted by Crippen LogP contribution is 1.87. The second-order valence-electron chi connectivity index (χ2n) is 2.19. The standard InChI is InChI=1S/C9H18O2/c1-3-5-6-7-8-11-9-10-4-2/h5-6H,3-4,7-9H2,1-2H3/b6-5+. The Kier molecular flexibility index (Phi) is 9.36. The molecule has 2 heteroatoms. The van der Waals surface area contributed by atoms with Gasteiger partial charge in [-0.2, -0.15) is 0 Å². The van der Waals surface area contributed by atoms with E-state index < -0.39 is 0 Å². The summed E-state index contributed by atoms with van der Waals surface area (Å²) in [6, 6.07) is 0. The molecular formula is C9H18O2. The summed E-state index contributed by atoms with van der Waals surface area (Å²) in [5.41, 5.74) is 0. The topological polar surface area (TPSA) is 18.5 Å². The van der Waals surface area contributed by atoms with Crippen molar-refractivity contribution >= 4 is 0 Å². The molecule has 0 aliphatic heterocycles. The van der Waals surface area contributed by atoms with Gasteiger partial charge in [-0.15, -0.1) is 0 Å². The van der Waals surface area contributed by atoms with Gasteiger partial charge in [0.25, 0.3) is 0 Å². The van der Waals surface area contributed by atoms with E-state index in [0.717, 1.165) is 26.1 Å². The van der Waals surface area contributed by atoms with Crippen molar-refractivity contribution in [2.24, 2.45) is 0 Å². The fourth-order valence-electron chi connectivity index (χ4n) is 0.637. The van der Waals surface area contributed by atoms with Crippen molar-refractivity contribution in [1.82, 2.24) is 0 Å². The van der Waals surface area contributed by atoms with E-state index in [9.17, 15) is 0 Å². The van der Waals surface area contributed by atoms with Crippen LogP contribution in [0.5, 0.6) is 0 Å². The van der Waals surface area contributed by atoms with Gasteiger partial charge in [-0.3, -0.25) is 0 Å². The maximum Gasteiger partial charge on any atom is 0.146 e. The molecule has 0 aromatic carbocycles. The Bertz CT molecular complexity index is 89.6. The Hall–Kier alpha value is -0.340. The third-order valence-electron chi connectivity index (χ3n) is 1.20. The average Bonchev–Trinajstić information content (AvgIpc) is 2.03. The lowest BCUT2D eigenvalue weighted by Gasteiger charge is -2.00. The molecule has 2 nitrogen and oxygen atoms in total. The second kappa shape index (κ2) is 9.66. The first-order valence-electron chi connectivity index (χ1n) is 4.22. The number of hydrogen-bond acceptors (Lipinski definition) is 2. The molecule has 0 amide bonds. The largest absolute Gasteiger partial charge is 0.356 e. The smallest absolute Gasteiger partial charge is 0.146 e. The van der Waals surface area contributed by atoms with Gasteiger partial charge in [0.05, 0.1) is 6.61 Å². The maximum atomic E-state index is 5.15. The molecular weight excluding hydrogens is 140 g/mol. The monoisotopic (exact) mass is 158 g/mol. The van der Waals surface area contributed by atoms with E-state index in [1.165, 1.54) is 0 Å². The lowest BCUT2D eigenvalue weighted by atomic mass is 10.3. The minimum Gasteiger partial charge on any atom is -0.356 e. The molecule has 0 bridgehead atoms. The van der Waals surface area contributed by atoms with Gasteiger partial charge in [0, 0.05) is 6.61 Å². The quantitative estimate of drug-likeness (QED) is 0.322. The van der Waals surface area contributed by atoms with Crippen molar-refractivity contribution in [3.63, 3.8) is 0 Å². The fourth-order valence-corrected chi connectivity index (χ4v) is 0.637. The summed E-state index contributed by atoms with van der Waals surface area (Å²) in [6.45, 7) is 6.00. The van der Waals surface area contributed by atoms with Gasteiger partial charge >= 0.3 is 0 Å². The fraction of sp³-hybridized carbons (Fsp3) is 0.778. The number of hydrogen-bond donors (Lipinski definition) is 0. The van der Waals surface area contributed by atoms with E-state index in [2.05, 4.69) is 19.1 Å². The Labute approximate surface area is 69.2 Å². The Morgan fingerprint density at radius 2 is 1.91 bits per heavy atom. The van der Waals surface area contributed by atoms with Crippen molar-refractivity contribution < 1.29 is 9.47 Å². The molecule has 66 valence electrons. The number of ether oxygens (including phenoxy) is 2. The Morgan fingerprint density at radius 1 is 1.09 bits per heavy atom. The summed E-state index contributed by atoms with van der Waals surface area (Å²) >= 11 is 0. The van der Waals surface area contributed by atoms with Crippen LogP contribution in [0.2, 0.25) is 0 Å². The zero-order valence-electron chi connectivity index (χ0n) is 7.51. The SMILES string of the molecule is CC/C=C/CCOCOCC. The van der Waals surface area contributed by atoms with Crippen LogP contribution in [0, 0.1) is 0 Å². The van der Waals surface area contributed by atoms with Crippen LogP contribution in [0.4, 0.5) is 0 Å². The normalized spacial score (nSPS) is 11.1. The molecule has 0 saturated carbocycles. The van der Waals surface area contributed by atoms with Crippen LogP contribution in [0.1, 0.15) is 26.7 Å². The van der Waals surface area contributed by atoms with Crippen LogP contribution in [-0.4, -0.2) is 20.0 Å². The molecule has 0 heterocycles. The predicted molar refractivity (Wildman–Crippen MR) is 46.5 cm³/mol. The van der Waals surface area contributed by atoms with Crippen molar-refractivity contribution in [2.75, 3.05) is 20.0 Å². The summed E-state index contributed by atoms with van der Waals surface area (Å²) in [4.78, 5) is 0. The Balaban J connectivity index is 2.85. The second-order valence-corrected chi connectivity index (χ2v) is 2.19. The number of allylic oxidation sites excluding steroid dienone is 1. The molecule has 0 aliphatic rings. The zero-order valence-corrected chi connectivity index (χ0v) is 7.51. The third kappa shape index (κ3) is 9.66. The summed E-state index contributed by atoms with van der Waals surface area (Å²) in [5.74, 6) is 0. The van der Waals surface area contributed by atoms with Gasteiger partial charge in [-0.05, 0) is 19.8 Å². The lowest BCUT2D eigenvalue weighted by molar-refractivity contribution is -0.0476. The third-order valence-corrected chi connectivity index (χ3v) is 1.20.